The van der Waals surface area contributed by atoms with Crippen molar-refractivity contribution in [1.29, 1.82) is 0 Å². The van der Waals surface area contributed by atoms with Crippen molar-refractivity contribution >= 4 is 17.5 Å². The van der Waals surface area contributed by atoms with Crippen LogP contribution in [0.5, 0.6) is 0 Å². The number of hydrogen-bond acceptors (Lipinski definition) is 1. The average Bonchev–Trinajstić information content (AvgIpc) is 2.13. The predicted octanol–water partition coefficient (Wildman–Crippen LogP) is 3.09. The Balaban J connectivity index is 2.28. The van der Waals surface area contributed by atoms with E-state index in [4.69, 9.17) is 11.6 Å². The first-order valence-corrected chi connectivity index (χ1v) is 6.42. The quantitative estimate of drug-likeness (QED) is 0.741. The van der Waals surface area contributed by atoms with Crippen LogP contribution in [0.3, 0.4) is 0 Å². The summed E-state index contributed by atoms with van der Waals surface area (Å²) in [6.07, 6.45) is 6.11. The molecule has 1 aliphatic rings. The number of halogens is 1. The number of carbonyl (C=O) groups is 1. The highest BCUT2D eigenvalue weighted by atomic mass is 35.5. The van der Waals surface area contributed by atoms with Crippen LogP contribution in [-0.4, -0.2) is 17.8 Å². The molecule has 1 fully saturated rings. The van der Waals surface area contributed by atoms with Gasteiger partial charge in [0.15, 0.2) is 0 Å². The van der Waals surface area contributed by atoms with E-state index in [1.54, 1.807) is 0 Å². The van der Waals surface area contributed by atoms with Crippen LogP contribution in [0.15, 0.2) is 0 Å². The zero-order valence-electron chi connectivity index (χ0n) is 9.81. The van der Waals surface area contributed by atoms with Gasteiger partial charge in [0.05, 0.1) is 0 Å². The molecule has 1 aliphatic carbocycles. The van der Waals surface area contributed by atoms with E-state index in [0.717, 1.165) is 19.3 Å². The monoisotopic (exact) mass is 231 g/mol. The van der Waals surface area contributed by atoms with Gasteiger partial charge in [0.2, 0.25) is 5.91 Å². The van der Waals surface area contributed by atoms with Gasteiger partial charge in [-0.2, -0.15) is 0 Å². The molecule has 1 unspecified atom stereocenters. The fraction of sp³-hybridized carbons (Fsp3) is 0.917. The lowest BCUT2D eigenvalue weighted by molar-refractivity contribution is -0.122. The summed E-state index contributed by atoms with van der Waals surface area (Å²) in [6, 6.07) is 0.386. The molecule has 88 valence electrons. The van der Waals surface area contributed by atoms with Crippen LogP contribution in [0.1, 0.15) is 52.4 Å². The lowest BCUT2D eigenvalue weighted by Crippen LogP contribution is -2.40. The summed E-state index contributed by atoms with van der Waals surface area (Å²) in [6.45, 7) is 4.56. The number of amides is 1. The van der Waals surface area contributed by atoms with Gasteiger partial charge in [0.1, 0.15) is 0 Å². The van der Waals surface area contributed by atoms with Crippen molar-refractivity contribution in [3.05, 3.63) is 0 Å². The fourth-order valence-electron chi connectivity index (χ4n) is 2.35. The van der Waals surface area contributed by atoms with Gasteiger partial charge in [-0.05, 0) is 31.1 Å². The Hall–Kier alpha value is -0.240. The van der Waals surface area contributed by atoms with Crippen LogP contribution in [-0.2, 0) is 4.79 Å². The SMILES string of the molecule is CC1(C)CCCC(NC(=O)CCCCl)C1. The van der Waals surface area contributed by atoms with Gasteiger partial charge in [0.25, 0.3) is 0 Å². The minimum absolute atomic E-state index is 0.165. The lowest BCUT2D eigenvalue weighted by Gasteiger charge is -2.35. The van der Waals surface area contributed by atoms with Crippen molar-refractivity contribution in [3.8, 4) is 0 Å². The van der Waals surface area contributed by atoms with Crippen molar-refractivity contribution in [2.24, 2.45) is 5.41 Å². The van der Waals surface area contributed by atoms with E-state index in [0.29, 0.717) is 23.8 Å². The summed E-state index contributed by atoms with van der Waals surface area (Å²) in [5.74, 6) is 0.738. The molecule has 0 aromatic rings. The predicted molar refractivity (Wildman–Crippen MR) is 64.1 cm³/mol. The van der Waals surface area contributed by atoms with Crippen LogP contribution >= 0.6 is 11.6 Å². The molecule has 0 bridgehead atoms. The van der Waals surface area contributed by atoms with Gasteiger partial charge < -0.3 is 5.32 Å². The van der Waals surface area contributed by atoms with Gasteiger partial charge in [-0.15, -0.1) is 11.6 Å². The van der Waals surface area contributed by atoms with Crippen molar-refractivity contribution in [1.82, 2.24) is 5.32 Å². The molecule has 1 N–H and O–H groups in total. The molecule has 0 aromatic heterocycles. The number of hydrogen-bond donors (Lipinski definition) is 1. The Labute approximate surface area is 97.8 Å². The Bertz CT molecular complexity index is 216. The third kappa shape index (κ3) is 4.87. The topological polar surface area (TPSA) is 29.1 Å². The van der Waals surface area contributed by atoms with E-state index in [9.17, 15) is 4.79 Å². The molecule has 0 radical (unpaired) electrons. The summed E-state index contributed by atoms with van der Waals surface area (Å²) < 4.78 is 0. The van der Waals surface area contributed by atoms with Crippen LogP contribution in [0.25, 0.3) is 0 Å². The summed E-state index contributed by atoms with van der Waals surface area (Å²) in [4.78, 5) is 11.5. The van der Waals surface area contributed by atoms with Gasteiger partial charge in [0, 0.05) is 18.3 Å². The Morgan fingerprint density at radius 2 is 2.27 bits per heavy atom. The lowest BCUT2D eigenvalue weighted by atomic mass is 9.75. The van der Waals surface area contributed by atoms with E-state index in [1.165, 1.54) is 12.8 Å². The summed E-state index contributed by atoms with van der Waals surface area (Å²) in [7, 11) is 0. The maximum atomic E-state index is 11.5. The molecule has 1 amide bonds. The number of rotatable bonds is 4. The largest absolute Gasteiger partial charge is 0.353 e. The molecule has 0 aromatic carbocycles. The maximum Gasteiger partial charge on any atom is 0.220 e. The Kier molecular flexibility index (Phi) is 4.91. The molecular formula is C12H22ClNO. The van der Waals surface area contributed by atoms with Gasteiger partial charge in [-0.3, -0.25) is 4.79 Å². The second-order valence-corrected chi connectivity index (χ2v) is 5.70. The summed E-state index contributed by atoms with van der Waals surface area (Å²) in [5.41, 5.74) is 0.392. The van der Waals surface area contributed by atoms with Crippen LogP contribution in [0.4, 0.5) is 0 Å². The zero-order valence-corrected chi connectivity index (χ0v) is 10.6. The number of alkyl halides is 1. The molecule has 0 heterocycles. The first-order chi connectivity index (χ1) is 7.03. The van der Waals surface area contributed by atoms with Gasteiger partial charge >= 0.3 is 0 Å². The molecule has 15 heavy (non-hydrogen) atoms. The van der Waals surface area contributed by atoms with Crippen LogP contribution in [0, 0.1) is 5.41 Å². The van der Waals surface area contributed by atoms with E-state index in [1.807, 2.05) is 0 Å². The van der Waals surface area contributed by atoms with Gasteiger partial charge in [-0.25, -0.2) is 0 Å². The fourth-order valence-corrected chi connectivity index (χ4v) is 2.48. The van der Waals surface area contributed by atoms with E-state index in [-0.39, 0.29) is 5.91 Å². The van der Waals surface area contributed by atoms with Crippen molar-refractivity contribution in [2.75, 3.05) is 5.88 Å². The van der Waals surface area contributed by atoms with E-state index >= 15 is 0 Å². The second kappa shape index (κ2) is 5.74. The molecule has 1 atom stereocenters. The number of nitrogens with one attached hydrogen (secondary N) is 1. The van der Waals surface area contributed by atoms with E-state index in [2.05, 4.69) is 19.2 Å². The summed E-state index contributed by atoms with van der Waals surface area (Å²) >= 11 is 5.55. The third-order valence-corrected chi connectivity index (χ3v) is 3.37. The van der Waals surface area contributed by atoms with Gasteiger partial charge in [-0.1, -0.05) is 20.3 Å². The molecule has 0 spiro atoms. The third-order valence-electron chi connectivity index (χ3n) is 3.11. The van der Waals surface area contributed by atoms with Crippen LogP contribution < -0.4 is 5.32 Å². The first kappa shape index (κ1) is 12.8. The minimum atomic E-state index is 0.165. The molecule has 3 heteroatoms. The van der Waals surface area contributed by atoms with Crippen molar-refractivity contribution in [2.45, 2.75) is 58.4 Å². The normalized spacial score (nSPS) is 24.9. The first-order valence-electron chi connectivity index (χ1n) is 5.89. The average molecular weight is 232 g/mol. The molecule has 1 saturated carbocycles. The minimum Gasteiger partial charge on any atom is -0.353 e. The highest BCUT2D eigenvalue weighted by molar-refractivity contribution is 6.17. The standard InChI is InChI=1S/C12H22ClNO/c1-12(2)7-3-5-10(9-12)14-11(15)6-4-8-13/h10H,3-9H2,1-2H3,(H,14,15). The maximum absolute atomic E-state index is 11.5. The highest BCUT2D eigenvalue weighted by Crippen LogP contribution is 2.35. The molecule has 2 nitrogen and oxygen atoms in total. The highest BCUT2D eigenvalue weighted by Gasteiger charge is 2.28. The molecular weight excluding hydrogens is 210 g/mol. The van der Waals surface area contributed by atoms with Crippen molar-refractivity contribution < 1.29 is 4.79 Å². The summed E-state index contributed by atoms with van der Waals surface area (Å²) in [5, 5.41) is 3.11. The second-order valence-electron chi connectivity index (χ2n) is 5.32. The molecule has 0 aliphatic heterocycles. The molecule has 0 saturated heterocycles. The number of carbonyl (C=O) groups excluding carboxylic acids is 1. The molecule has 1 rings (SSSR count). The van der Waals surface area contributed by atoms with E-state index < -0.39 is 0 Å². The Morgan fingerprint density at radius 1 is 1.53 bits per heavy atom. The van der Waals surface area contributed by atoms with Crippen molar-refractivity contribution in [3.63, 3.8) is 0 Å². The Morgan fingerprint density at radius 3 is 2.87 bits per heavy atom. The smallest absolute Gasteiger partial charge is 0.220 e. The zero-order chi connectivity index (χ0) is 11.3. The van der Waals surface area contributed by atoms with Crippen LogP contribution in [0.2, 0.25) is 0 Å².